The van der Waals surface area contributed by atoms with Gasteiger partial charge in [-0.3, -0.25) is 0 Å². The lowest BCUT2D eigenvalue weighted by molar-refractivity contribution is -0.0534. The number of aryl methyl sites for hydroxylation is 1. The van der Waals surface area contributed by atoms with Crippen molar-refractivity contribution in [3.63, 3.8) is 0 Å². The van der Waals surface area contributed by atoms with E-state index in [1.807, 2.05) is 0 Å². The normalized spacial score (nSPS) is 10.2. The molecule has 5 heteroatoms. The number of rotatable bonds is 2. The fourth-order valence-electron chi connectivity index (χ4n) is 0.596. The minimum absolute atomic E-state index is 0.0741. The lowest BCUT2D eigenvalue weighted by Crippen LogP contribution is -2.05. The van der Waals surface area contributed by atoms with Crippen LogP contribution >= 0.6 is 0 Å². The zero-order valence-electron chi connectivity index (χ0n) is 5.79. The van der Waals surface area contributed by atoms with Crippen molar-refractivity contribution in [2.45, 2.75) is 13.5 Å². The van der Waals surface area contributed by atoms with Crippen LogP contribution in [-0.2, 0) is 0 Å². The summed E-state index contributed by atoms with van der Waals surface area (Å²) < 4.78 is 27.3. The lowest BCUT2D eigenvalue weighted by atomic mass is 10.4. The van der Waals surface area contributed by atoms with E-state index in [2.05, 4.69) is 14.7 Å². The molecular formula is C6H6F2N2O. The van der Waals surface area contributed by atoms with Crippen molar-refractivity contribution in [3.05, 3.63) is 18.1 Å². The second-order valence-electron chi connectivity index (χ2n) is 1.89. The van der Waals surface area contributed by atoms with E-state index in [-0.39, 0.29) is 5.88 Å². The first kappa shape index (κ1) is 7.84. The minimum atomic E-state index is -2.83. The molecule has 0 aromatic carbocycles. The molecule has 0 unspecified atom stereocenters. The molecule has 0 aliphatic carbocycles. The predicted molar refractivity (Wildman–Crippen MR) is 33.4 cm³/mol. The van der Waals surface area contributed by atoms with Crippen LogP contribution in [0.4, 0.5) is 8.78 Å². The second kappa shape index (κ2) is 3.23. The first-order valence-electron chi connectivity index (χ1n) is 2.91. The molecule has 0 bridgehead atoms. The second-order valence-corrected chi connectivity index (χ2v) is 1.89. The highest BCUT2D eigenvalue weighted by Crippen LogP contribution is 2.13. The number of hydrogen-bond acceptors (Lipinski definition) is 3. The Hall–Kier alpha value is -1.26. The summed E-state index contributed by atoms with van der Waals surface area (Å²) in [5.41, 5.74) is 0.493. The summed E-state index contributed by atoms with van der Waals surface area (Å²) in [5, 5.41) is 0. The first-order valence-corrected chi connectivity index (χ1v) is 2.91. The fourth-order valence-corrected chi connectivity index (χ4v) is 0.596. The van der Waals surface area contributed by atoms with Crippen molar-refractivity contribution in [2.24, 2.45) is 0 Å². The lowest BCUT2D eigenvalue weighted by Gasteiger charge is -2.03. The summed E-state index contributed by atoms with van der Waals surface area (Å²) in [6.07, 6.45) is 2.56. The zero-order valence-corrected chi connectivity index (χ0v) is 5.79. The highest BCUT2D eigenvalue weighted by Gasteiger charge is 2.06. The van der Waals surface area contributed by atoms with Crippen LogP contribution in [0.25, 0.3) is 0 Å². The molecule has 0 amide bonds. The number of hydrogen-bond donors (Lipinski definition) is 0. The number of aromatic nitrogens is 2. The Balaban J connectivity index is 2.78. The number of halogens is 2. The Bertz CT molecular complexity index is 242. The van der Waals surface area contributed by atoms with Crippen molar-refractivity contribution < 1.29 is 13.5 Å². The molecule has 11 heavy (non-hydrogen) atoms. The van der Waals surface area contributed by atoms with Crippen LogP contribution in [0.5, 0.6) is 5.88 Å². The Labute approximate surface area is 62.0 Å². The van der Waals surface area contributed by atoms with Crippen LogP contribution in [0.3, 0.4) is 0 Å². The van der Waals surface area contributed by atoms with E-state index in [1.54, 1.807) is 6.92 Å². The fraction of sp³-hybridized carbons (Fsp3) is 0.333. The third-order valence-electron chi connectivity index (χ3n) is 1.05. The van der Waals surface area contributed by atoms with Crippen molar-refractivity contribution in [1.82, 2.24) is 9.97 Å². The number of ether oxygens (including phenoxy) is 1. The topological polar surface area (TPSA) is 35.0 Å². The van der Waals surface area contributed by atoms with Crippen molar-refractivity contribution >= 4 is 0 Å². The van der Waals surface area contributed by atoms with Gasteiger partial charge in [-0.25, -0.2) is 9.97 Å². The molecule has 1 aromatic heterocycles. The summed E-state index contributed by atoms with van der Waals surface area (Å²) in [6, 6.07) is 0. The molecule has 0 saturated carbocycles. The largest absolute Gasteiger partial charge is 0.417 e. The van der Waals surface area contributed by atoms with E-state index < -0.39 is 6.61 Å². The van der Waals surface area contributed by atoms with Crippen molar-refractivity contribution in [1.29, 1.82) is 0 Å². The van der Waals surface area contributed by atoms with Crippen LogP contribution in [0, 0.1) is 6.92 Å². The maximum atomic E-state index is 11.6. The van der Waals surface area contributed by atoms with Gasteiger partial charge in [0.1, 0.15) is 6.33 Å². The molecule has 0 radical (unpaired) electrons. The Kier molecular flexibility index (Phi) is 2.30. The average molecular weight is 160 g/mol. The molecule has 0 atom stereocenters. The molecule has 0 spiro atoms. The molecule has 0 N–H and O–H groups in total. The van der Waals surface area contributed by atoms with Gasteiger partial charge in [0.2, 0.25) is 5.88 Å². The maximum Gasteiger partial charge on any atom is 0.388 e. The molecular weight excluding hydrogens is 154 g/mol. The average Bonchev–Trinajstić information content (AvgIpc) is 1.93. The van der Waals surface area contributed by atoms with E-state index in [0.717, 1.165) is 6.33 Å². The maximum absolute atomic E-state index is 11.6. The van der Waals surface area contributed by atoms with Gasteiger partial charge in [0.05, 0.1) is 0 Å². The molecule has 1 rings (SSSR count). The Morgan fingerprint density at radius 3 is 2.82 bits per heavy atom. The van der Waals surface area contributed by atoms with Gasteiger partial charge in [0.25, 0.3) is 0 Å². The molecule has 0 fully saturated rings. The van der Waals surface area contributed by atoms with Crippen LogP contribution in [-0.4, -0.2) is 16.6 Å². The van der Waals surface area contributed by atoms with Gasteiger partial charge in [-0.15, -0.1) is 0 Å². The monoisotopic (exact) mass is 160 g/mol. The van der Waals surface area contributed by atoms with E-state index in [4.69, 9.17) is 0 Å². The first-order chi connectivity index (χ1) is 5.20. The molecule has 0 aliphatic heterocycles. The summed E-state index contributed by atoms with van der Waals surface area (Å²) in [6.45, 7) is -1.24. The highest BCUT2D eigenvalue weighted by atomic mass is 19.3. The number of alkyl halides is 2. The zero-order chi connectivity index (χ0) is 8.27. The van der Waals surface area contributed by atoms with Crippen LogP contribution in [0.15, 0.2) is 12.5 Å². The smallest absolute Gasteiger partial charge is 0.388 e. The number of nitrogens with zero attached hydrogens (tertiary/aromatic N) is 2. The van der Waals surface area contributed by atoms with E-state index >= 15 is 0 Å². The summed E-state index contributed by atoms with van der Waals surface area (Å²) >= 11 is 0. The summed E-state index contributed by atoms with van der Waals surface area (Å²) in [7, 11) is 0. The van der Waals surface area contributed by atoms with E-state index in [9.17, 15) is 8.78 Å². The van der Waals surface area contributed by atoms with Gasteiger partial charge >= 0.3 is 6.61 Å². The Morgan fingerprint density at radius 1 is 1.55 bits per heavy atom. The molecule has 60 valence electrons. The molecule has 3 nitrogen and oxygen atoms in total. The van der Waals surface area contributed by atoms with Crippen molar-refractivity contribution in [2.75, 3.05) is 0 Å². The van der Waals surface area contributed by atoms with Crippen LogP contribution in [0.1, 0.15) is 5.56 Å². The summed E-state index contributed by atoms with van der Waals surface area (Å²) in [4.78, 5) is 7.12. The van der Waals surface area contributed by atoms with Gasteiger partial charge in [-0.2, -0.15) is 8.78 Å². The predicted octanol–water partition coefficient (Wildman–Crippen LogP) is 1.39. The molecule has 1 aromatic rings. The van der Waals surface area contributed by atoms with Gasteiger partial charge in [0.15, 0.2) is 0 Å². The highest BCUT2D eigenvalue weighted by molar-refractivity contribution is 5.19. The van der Waals surface area contributed by atoms with Crippen LogP contribution in [0.2, 0.25) is 0 Å². The minimum Gasteiger partial charge on any atom is -0.417 e. The van der Waals surface area contributed by atoms with Gasteiger partial charge < -0.3 is 4.74 Å². The van der Waals surface area contributed by atoms with Crippen molar-refractivity contribution in [3.8, 4) is 5.88 Å². The quantitative estimate of drug-likeness (QED) is 0.655. The molecule has 1 heterocycles. The SMILES string of the molecule is Cc1cncnc1OC(F)F. The van der Waals surface area contributed by atoms with E-state index in [0.29, 0.717) is 5.56 Å². The van der Waals surface area contributed by atoms with Gasteiger partial charge in [0, 0.05) is 11.8 Å². The standard InChI is InChI=1S/C6H6F2N2O/c1-4-2-9-3-10-5(4)11-6(7)8/h2-3,6H,1H3. The summed E-state index contributed by atoms with van der Waals surface area (Å²) in [5.74, 6) is -0.0741. The van der Waals surface area contributed by atoms with E-state index in [1.165, 1.54) is 6.20 Å². The molecule has 0 saturated heterocycles. The molecule has 0 aliphatic rings. The van der Waals surface area contributed by atoms with Gasteiger partial charge in [-0.05, 0) is 6.92 Å². The van der Waals surface area contributed by atoms with Crippen LogP contribution < -0.4 is 4.74 Å². The van der Waals surface area contributed by atoms with Gasteiger partial charge in [-0.1, -0.05) is 0 Å². The third-order valence-corrected chi connectivity index (χ3v) is 1.05. The third kappa shape index (κ3) is 2.10. The Morgan fingerprint density at radius 2 is 2.27 bits per heavy atom.